The molecule has 3 N–H and O–H groups in total. The van der Waals surface area contributed by atoms with E-state index >= 15 is 0 Å². The van der Waals surface area contributed by atoms with Gasteiger partial charge in [0, 0.05) is 25.2 Å². The number of carbonyl (C=O) groups is 1. The minimum atomic E-state index is -0.315. The lowest BCUT2D eigenvalue weighted by molar-refractivity contribution is 0.0653. The molecule has 6 heteroatoms. The van der Waals surface area contributed by atoms with Gasteiger partial charge in [0.15, 0.2) is 0 Å². The van der Waals surface area contributed by atoms with E-state index in [0.717, 1.165) is 6.42 Å². The monoisotopic (exact) mass is 236 g/mol. The first-order valence-electron chi connectivity index (χ1n) is 5.67. The Morgan fingerprint density at radius 2 is 2.29 bits per heavy atom. The number of hydrogen-bond acceptors (Lipinski definition) is 4. The van der Waals surface area contributed by atoms with Gasteiger partial charge in [0.2, 0.25) is 0 Å². The summed E-state index contributed by atoms with van der Waals surface area (Å²) in [5, 5.41) is 5.99. The van der Waals surface area contributed by atoms with E-state index in [-0.39, 0.29) is 23.2 Å². The summed E-state index contributed by atoms with van der Waals surface area (Å²) in [4.78, 5) is 24.6. The Kier molecular flexibility index (Phi) is 3.23. The van der Waals surface area contributed by atoms with Crippen LogP contribution in [0.5, 0.6) is 0 Å². The number of aromatic nitrogens is 2. The molecule has 0 aromatic carbocycles. The molecule has 1 aliphatic heterocycles. The Balaban J connectivity index is 2.14. The maximum Gasteiger partial charge on any atom is 0.274 e. The maximum atomic E-state index is 12.1. The quantitative estimate of drug-likeness (QED) is 0.692. The molecule has 1 aromatic rings. The summed E-state index contributed by atoms with van der Waals surface area (Å²) < 4.78 is 0. The number of piperidine rings is 1. The number of rotatable bonds is 1. The van der Waals surface area contributed by atoms with Crippen LogP contribution in [0.3, 0.4) is 0 Å². The second kappa shape index (κ2) is 4.67. The molecule has 0 bridgehead atoms. The topological polar surface area (TPSA) is 92.1 Å². The number of nitrogens with zero attached hydrogens (tertiary/aromatic N) is 2. The van der Waals surface area contributed by atoms with Crippen molar-refractivity contribution in [1.29, 1.82) is 0 Å². The molecule has 1 amide bonds. The van der Waals surface area contributed by atoms with Crippen LogP contribution in [0.4, 0.5) is 0 Å². The molecule has 17 heavy (non-hydrogen) atoms. The molecule has 0 saturated carbocycles. The van der Waals surface area contributed by atoms with Crippen LogP contribution in [0.25, 0.3) is 0 Å². The van der Waals surface area contributed by atoms with Gasteiger partial charge in [0.1, 0.15) is 5.69 Å². The zero-order valence-corrected chi connectivity index (χ0v) is 9.72. The van der Waals surface area contributed by atoms with Crippen LogP contribution >= 0.6 is 0 Å². The average molecular weight is 236 g/mol. The van der Waals surface area contributed by atoms with Crippen molar-refractivity contribution in [1.82, 2.24) is 15.1 Å². The van der Waals surface area contributed by atoms with Crippen molar-refractivity contribution in [3.05, 3.63) is 28.2 Å². The number of amides is 1. The highest BCUT2D eigenvalue weighted by atomic mass is 16.2. The van der Waals surface area contributed by atoms with Gasteiger partial charge in [-0.25, -0.2) is 5.10 Å². The number of nitrogens with one attached hydrogen (secondary N) is 1. The average Bonchev–Trinajstić information content (AvgIpc) is 2.28. The van der Waals surface area contributed by atoms with Gasteiger partial charge in [-0.1, -0.05) is 6.92 Å². The van der Waals surface area contributed by atoms with Crippen molar-refractivity contribution in [3.8, 4) is 0 Å². The molecule has 2 rings (SSSR count). The zero-order valence-electron chi connectivity index (χ0n) is 9.72. The molecule has 1 aliphatic rings. The summed E-state index contributed by atoms with van der Waals surface area (Å²) in [6, 6.07) is 2.75. The number of aromatic amines is 1. The number of H-pyrrole nitrogens is 1. The van der Waals surface area contributed by atoms with Crippen LogP contribution in [-0.4, -0.2) is 40.1 Å². The van der Waals surface area contributed by atoms with E-state index < -0.39 is 0 Å². The van der Waals surface area contributed by atoms with Crippen LogP contribution < -0.4 is 11.3 Å². The van der Waals surface area contributed by atoms with Gasteiger partial charge in [-0.05, 0) is 18.4 Å². The van der Waals surface area contributed by atoms with Crippen molar-refractivity contribution in [3.63, 3.8) is 0 Å². The van der Waals surface area contributed by atoms with Crippen molar-refractivity contribution in [2.45, 2.75) is 19.4 Å². The number of carbonyl (C=O) groups excluding carboxylic acids is 1. The molecule has 2 unspecified atom stereocenters. The second-order valence-corrected chi connectivity index (χ2v) is 4.62. The Morgan fingerprint density at radius 3 is 2.88 bits per heavy atom. The molecule has 2 heterocycles. The third-order valence-electron chi connectivity index (χ3n) is 2.88. The van der Waals surface area contributed by atoms with Gasteiger partial charge in [-0.2, -0.15) is 5.10 Å². The smallest absolute Gasteiger partial charge is 0.274 e. The molecule has 1 fully saturated rings. The fraction of sp³-hybridized carbons (Fsp3) is 0.545. The molecule has 6 nitrogen and oxygen atoms in total. The highest BCUT2D eigenvalue weighted by Gasteiger charge is 2.27. The molecule has 2 atom stereocenters. The van der Waals surface area contributed by atoms with E-state index in [1.807, 2.05) is 0 Å². The molecule has 0 spiro atoms. The normalized spacial score (nSPS) is 24.7. The first-order chi connectivity index (χ1) is 8.06. The third kappa shape index (κ3) is 2.71. The first-order valence-corrected chi connectivity index (χ1v) is 5.67. The van der Waals surface area contributed by atoms with Crippen molar-refractivity contribution in [2.24, 2.45) is 11.7 Å². The molecular weight excluding hydrogens is 220 g/mol. The summed E-state index contributed by atoms with van der Waals surface area (Å²) in [6.07, 6.45) is 0.933. The fourth-order valence-electron chi connectivity index (χ4n) is 2.19. The first kappa shape index (κ1) is 11.8. The molecular formula is C11H16N4O2. The summed E-state index contributed by atoms with van der Waals surface area (Å²) in [5.41, 5.74) is 5.82. The standard InChI is InChI=1S/C11H16N4O2/c1-7-4-8(12)6-15(5-7)11(17)9-2-3-10(16)14-13-9/h2-3,7-8H,4-6,12H2,1H3,(H,14,16). The highest BCUT2D eigenvalue weighted by molar-refractivity contribution is 5.92. The molecule has 0 aliphatic carbocycles. The third-order valence-corrected chi connectivity index (χ3v) is 2.88. The van der Waals surface area contributed by atoms with Crippen LogP contribution in [0.15, 0.2) is 16.9 Å². The maximum absolute atomic E-state index is 12.1. The summed E-state index contributed by atoms with van der Waals surface area (Å²) in [6.45, 7) is 3.30. The summed E-state index contributed by atoms with van der Waals surface area (Å²) in [7, 11) is 0. The van der Waals surface area contributed by atoms with E-state index in [1.54, 1.807) is 4.90 Å². The lowest BCUT2D eigenvalue weighted by Gasteiger charge is -2.34. The molecule has 0 radical (unpaired) electrons. The lowest BCUT2D eigenvalue weighted by Crippen LogP contribution is -2.49. The molecule has 92 valence electrons. The van der Waals surface area contributed by atoms with Gasteiger partial charge in [0.25, 0.3) is 11.5 Å². The van der Waals surface area contributed by atoms with E-state index in [9.17, 15) is 9.59 Å². The van der Waals surface area contributed by atoms with Crippen LogP contribution in [-0.2, 0) is 0 Å². The molecule has 1 saturated heterocycles. The van der Waals surface area contributed by atoms with Crippen molar-refractivity contribution < 1.29 is 4.79 Å². The Labute approximate surface area is 98.8 Å². The SMILES string of the molecule is CC1CC(N)CN(C(=O)c2ccc(=O)[nH]n2)C1. The van der Waals surface area contributed by atoms with Gasteiger partial charge < -0.3 is 10.6 Å². The number of hydrogen-bond donors (Lipinski definition) is 2. The van der Waals surface area contributed by atoms with Crippen LogP contribution in [0.2, 0.25) is 0 Å². The van der Waals surface area contributed by atoms with Crippen LogP contribution in [0, 0.1) is 5.92 Å². The van der Waals surface area contributed by atoms with E-state index in [4.69, 9.17) is 5.73 Å². The predicted octanol–water partition coefficient (Wildman–Crippen LogP) is -0.421. The number of likely N-dealkylation sites (tertiary alicyclic amines) is 1. The second-order valence-electron chi connectivity index (χ2n) is 4.62. The van der Waals surface area contributed by atoms with Gasteiger partial charge in [-0.3, -0.25) is 9.59 Å². The van der Waals surface area contributed by atoms with Crippen molar-refractivity contribution in [2.75, 3.05) is 13.1 Å². The zero-order chi connectivity index (χ0) is 12.4. The van der Waals surface area contributed by atoms with E-state index in [0.29, 0.717) is 19.0 Å². The van der Waals surface area contributed by atoms with Gasteiger partial charge in [0.05, 0.1) is 0 Å². The largest absolute Gasteiger partial charge is 0.335 e. The summed E-state index contributed by atoms with van der Waals surface area (Å²) >= 11 is 0. The Hall–Kier alpha value is -1.69. The molecule has 1 aromatic heterocycles. The van der Waals surface area contributed by atoms with E-state index in [1.165, 1.54) is 12.1 Å². The Bertz CT molecular complexity index is 440. The van der Waals surface area contributed by atoms with Gasteiger partial charge >= 0.3 is 0 Å². The minimum Gasteiger partial charge on any atom is -0.335 e. The van der Waals surface area contributed by atoms with Gasteiger partial charge in [-0.15, -0.1) is 0 Å². The highest BCUT2D eigenvalue weighted by Crippen LogP contribution is 2.16. The Morgan fingerprint density at radius 1 is 1.53 bits per heavy atom. The number of nitrogens with two attached hydrogens (primary N) is 1. The minimum absolute atomic E-state index is 0.0189. The van der Waals surface area contributed by atoms with Crippen LogP contribution in [0.1, 0.15) is 23.8 Å². The fourth-order valence-corrected chi connectivity index (χ4v) is 2.19. The van der Waals surface area contributed by atoms with Crippen molar-refractivity contribution >= 4 is 5.91 Å². The predicted molar refractivity (Wildman–Crippen MR) is 62.5 cm³/mol. The summed E-state index contributed by atoms with van der Waals surface area (Å²) in [5.74, 6) is 0.216. The lowest BCUT2D eigenvalue weighted by atomic mass is 9.96. The van der Waals surface area contributed by atoms with E-state index in [2.05, 4.69) is 17.1 Å².